The van der Waals surface area contributed by atoms with Gasteiger partial charge in [-0.15, -0.1) is 0 Å². The van der Waals surface area contributed by atoms with Crippen LogP contribution in [-0.4, -0.2) is 18.5 Å². The molecule has 2 aromatic rings. The molecule has 0 heterocycles. The zero-order valence-electron chi connectivity index (χ0n) is 12.0. The molecular weight excluding hydrogens is 412 g/mol. The highest BCUT2D eigenvalue weighted by atomic mass is 127. The van der Waals surface area contributed by atoms with Crippen LogP contribution in [0.1, 0.15) is 5.56 Å². The van der Waals surface area contributed by atoms with Crippen LogP contribution in [0.5, 0.6) is 0 Å². The Labute approximate surface area is 146 Å². The fraction of sp³-hybridized carbons (Fsp3) is 0.0588. The van der Waals surface area contributed by atoms with E-state index >= 15 is 0 Å². The minimum absolute atomic E-state index is 0.271. The van der Waals surface area contributed by atoms with Crippen molar-refractivity contribution in [2.45, 2.75) is 0 Å². The molecule has 0 aliphatic heterocycles. The van der Waals surface area contributed by atoms with Crippen LogP contribution in [0.15, 0.2) is 54.6 Å². The van der Waals surface area contributed by atoms with E-state index in [2.05, 4.69) is 27.9 Å². The highest BCUT2D eigenvalue weighted by Crippen LogP contribution is 2.11. The van der Waals surface area contributed by atoms with E-state index in [1.54, 1.807) is 24.3 Å². The van der Waals surface area contributed by atoms with Crippen molar-refractivity contribution in [1.82, 2.24) is 0 Å². The van der Waals surface area contributed by atoms with Crippen LogP contribution >= 0.6 is 22.6 Å². The molecule has 0 saturated heterocycles. The molecule has 0 atom stereocenters. The van der Waals surface area contributed by atoms with Crippen LogP contribution < -0.4 is 5.32 Å². The number of esters is 1. The average Bonchev–Trinajstić information content (AvgIpc) is 2.54. The first-order valence-corrected chi connectivity index (χ1v) is 7.77. The molecule has 0 radical (unpaired) electrons. The first-order valence-electron chi connectivity index (χ1n) is 6.69. The Kier molecular flexibility index (Phi) is 6.28. The highest BCUT2D eigenvalue weighted by molar-refractivity contribution is 14.1. The smallest absolute Gasteiger partial charge is 0.331 e. The molecule has 1 amide bonds. The topological polar surface area (TPSA) is 55.4 Å². The summed E-state index contributed by atoms with van der Waals surface area (Å²) in [6, 6.07) is 13.2. The lowest BCUT2D eigenvalue weighted by molar-refractivity contribution is -0.142. The van der Waals surface area contributed by atoms with Gasteiger partial charge in [0.25, 0.3) is 5.91 Å². The maximum atomic E-state index is 13.4. The monoisotopic (exact) mass is 425 g/mol. The minimum atomic E-state index is -0.717. The van der Waals surface area contributed by atoms with Crippen LogP contribution in [0, 0.1) is 9.39 Å². The number of amides is 1. The van der Waals surface area contributed by atoms with Gasteiger partial charge in [-0.2, -0.15) is 0 Å². The summed E-state index contributed by atoms with van der Waals surface area (Å²) in [5.74, 6) is -1.60. The predicted octanol–water partition coefficient (Wildman–Crippen LogP) is 3.63. The van der Waals surface area contributed by atoms with Crippen molar-refractivity contribution < 1.29 is 18.7 Å². The third-order valence-electron chi connectivity index (χ3n) is 2.78. The minimum Gasteiger partial charge on any atom is -0.452 e. The number of ether oxygens (including phenoxy) is 1. The number of rotatable bonds is 5. The van der Waals surface area contributed by atoms with Crippen molar-refractivity contribution in [2.75, 3.05) is 11.9 Å². The number of anilines is 1. The number of carbonyl (C=O) groups excluding carboxylic acids is 2. The van der Waals surface area contributed by atoms with Gasteiger partial charge in [0.15, 0.2) is 6.61 Å². The lowest BCUT2D eigenvalue weighted by Crippen LogP contribution is -2.20. The molecule has 23 heavy (non-hydrogen) atoms. The highest BCUT2D eigenvalue weighted by Gasteiger charge is 2.06. The van der Waals surface area contributed by atoms with Gasteiger partial charge in [0, 0.05) is 20.9 Å². The van der Waals surface area contributed by atoms with Gasteiger partial charge in [-0.1, -0.05) is 18.2 Å². The van der Waals surface area contributed by atoms with E-state index in [-0.39, 0.29) is 5.56 Å². The molecular formula is C17H13FINO3. The van der Waals surface area contributed by atoms with Crippen molar-refractivity contribution in [3.63, 3.8) is 0 Å². The normalized spacial score (nSPS) is 10.5. The second-order valence-corrected chi connectivity index (χ2v) is 5.76. The van der Waals surface area contributed by atoms with Crippen LogP contribution in [-0.2, 0) is 14.3 Å². The van der Waals surface area contributed by atoms with E-state index in [1.807, 2.05) is 12.1 Å². The molecule has 118 valence electrons. The SMILES string of the molecule is O=C(COC(=O)/C=C/c1ccccc1F)Nc1ccc(I)cc1. The van der Waals surface area contributed by atoms with Crippen LogP contribution in [0.4, 0.5) is 10.1 Å². The maximum Gasteiger partial charge on any atom is 0.331 e. The second-order valence-electron chi connectivity index (χ2n) is 4.52. The van der Waals surface area contributed by atoms with Crippen LogP contribution in [0.25, 0.3) is 6.08 Å². The molecule has 0 aliphatic carbocycles. The first-order chi connectivity index (χ1) is 11.0. The molecule has 2 aromatic carbocycles. The second kappa shape index (κ2) is 8.42. The summed E-state index contributed by atoms with van der Waals surface area (Å²) in [5, 5.41) is 2.60. The fourth-order valence-corrected chi connectivity index (χ4v) is 2.04. The molecule has 1 N–H and O–H groups in total. The Bertz CT molecular complexity index is 729. The Balaban J connectivity index is 1.81. The molecule has 0 aromatic heterocycles. The molecule has 0 saturated carbocycles. The number of carbonyl (C=O) groups is 2. The first kappa shape index (κ1) is 17.1. The van der Waals surface area contributed by atoms with E-state index in [0.717, 1.165) is 9.65 Å². The van der Waals surface area contributed by atoms with E-state index in [1.165, 1.54) is 18.2 Å². The van der Waals surface area contributed by atoms with E-state index in [4.69, 9.17) is 4.74 Å². The Morgan fingerprint density at radius 3 is 2.52 bits per heavy atom. The number of benzene rings is 2. The van der Waals surface area contributed by atoms with Gasteiger partial charge in [-0.05, 0) is 59.0 Å². The van der Waals surface area contributed by atoms with Gasteiger partial charge < -0.3 is 10.1 Å². The van der Waals surface area contributed by atoms with Gasteiger partial charge in [0.05, 0.1) is 0 Å². The van der Waals surface area contributed by atoms with Gasteiger partial charge in [-0.25, -0.2) is 9.18 Å². The van der Waals surface area contributed by atoms with Crippen molar-refractivity contribution in [3.8, 4) is 0 Å². The number of halogens is 2. The van der Waals surface area contributed by atoms with Crippen molar-refractivity contribution in [3.05, 3.63) is 69.6 Å². The number of nitrogens with one attached hydrogen (secondary N) is 1. The zero-order valence-corrected chi connectivity index (χ0v) is 14.1. The Morgan fingerprint density at radius 2 is 1.83 bits per heavy atom. The lowest BCUT2D eigenvalue weighted by atomic mass is 10.2. The Morgan fingerprint density at radius 1 is 1.13 bits per heavy atom. The summed E-state index contributed by atoms with van der Waals surface area (Å²) in [7, 11) is 0. The van der Waals surface area contributed by atoms with Gasteiger partial charge in [0.2, 0.25) is 0 Å². The number of hydrogen-bond donors (Lipinski definition) is 1. The van der Waals surface area contributed by atoms with E-state index in [0.29, 0.717) is 5.69 Å². The van der Waals surface area contributed by atoms with Crippen LogP contribution in [0.3, 0.4) is 0 Å². The summed E-state index contributed by atoms with van der Waals surface area (Å²) in [6.07, 6.45) is 2.38. The summed E-state index contributed by atoms with van der Waals surface area (Å²) < 4.78 is 19.2. The van der Waals surface area contributed by atoms with Gasteiger partial charge in [0.1, 0.15) is 5.82 Å². The van der Waals surface area contributed by atoms with Crippen LogP contribution in [0.2, 0.25) is 0 Å². The Hall–Kier alpha value is -2.22. The third-order valence-corrected chi connectivity index (χ3v) is 3.50. The quantitative estimate of drug-likeness (QED) is 0.453. The van der Waals surface area contributed by atoms with Crippen molar-refractivity contribution >= 4 is 46.2 Å². The van der Waals surface area contributed by atoms with E-state index < -0.39 is 24.3 Å². The third kappa shape index (κ3) is 5.82. The summed E-state index contributed by atoms with van der Waals surface area (Å²) in [6.45, 7) is -0.410. The summed E-state index contributed by atoms with van der Waals surface area (Å²) in [5.41, 5.74) is 0.890. The molecule has 0 bridgehead atoms. The molecule has 4 nitrogen and oxygen atoms in total. The van der Waals surface area contributed by atoms with Gasteiger partial charge >= 0.3 is 5.97 Å². The lowest BCUT2D eigenvalue weighted by Gasteiger charge is -2.05. The van der Waals surface area contributed by atoms with Crippen molar-refractivity contribution in [2.24, 2.45) is 0 Å². The zero-order chi connectivity index (χ0) is 16.7. The van der Waals surface area contributed by atoms with Crippen molar-refractivity contribution in [1.29, 1.82) is 0 Å². The predicted molar refractivity (Wildman–Crippen MR) is 94.2 cm³/mol. The summed E-state index contributed by atoms with van der Waals surface area (Å²) >= 11 is 2.16. The molecule has 6 heteroatoms. The molecule has 2 rings (SSSR count). The molecule has 0 unspecified atom stereocenters. The fourth-order valence-electron chi connectivity index (χ4n) is 1.68. The molecule has 0 aliphatic rings. The molecule has 0 spiro atoms. The van der Waals surface area contributed by atoms with E-state index in [9.17, 15) is 14.0 Å². The standard InChI is InChI=1S/C17H13FINO3/c18-15-4-2-1-3-12(15)5-10-17(22)23-11-16(21)20-14-8-6-13(19)7-9-14/h1-10H,11H2,(H,20,21)/b10-5+. The maximum absolute atomic E-state index is 13.4. The largest absolute Gasteiger partial charge is 0.452 e. The summed E-state index contributed by atoms with van der Waals surface area (Å²) in [4.78, 5) is 23.2. The average molecular weight is 425 g/mol. The molecule has 0 fully saturated rings. The van der Waals surface area contributed by atoms with Gasteiger partial charge in [-0.3, -0.25) is 4.79 Å². The number of hydrogen-bond acceptors (Lipinski definition) is 3.